The van der Waals surface area contributed by atoms with Crippen molar-refractivity contribution in [2.45, 2.75) is 0 Å². The number of benzene rings is 7. The van der Waals surface area contributed by atoms with Gasteiger partial charge in [-0.15, -0.1) is 0 Å². The van der Waals surface area contributed by atoms with E-state index in [1.165, 1.54) is 0 Å². The second kappa shape index (κ2) is 11.9. The molecule has 2 heterocycles. The van der Waals surface area contributed by atoms with E-state index in [2.05, 4.69) is 73.4 Å². The number of hydrogen-bond acceptors (Lipinski definition) is 2. The monoisotopic (exact) mass is 660 g/mol. The molecule has 0 atom stereocenters. The van der Waals surface area contributed by atoms with Crippen molar-refractivity contribution in [2.75, 3.05) is 0 Å². The van der Waals surface area contributed by atoms with Gasteiger partial charge in [-0.1, -0.05) is 78.9 Å². The van der Waals surface area contributed by atoms with E-state index in [1.807, 2.05) is 91.0 Å². The predicted octanol–water partition coefficient (Wildman–Crippen LogP) is 12.1. The van der Waals surface area contributed by atoms with Crippen molar-refractivity contribution in [3.05, 3.63) is 180 Å². The van der Waals surface area contributed by atoms with Gasteiger partial charge in [0, 0.05) is 22.0 Å². The van der Waals surface area contributed by atoms with Crippen LogP contribution in [0.3, 0.4) is 0 Å². The van der Waals surface area contributed by atoms with E-state index >= 15 is 0 Å². The molecule has 0 radical (unpaired) electrons. The van der Waals surface area contributed by atoms with Crippen LogP contribution in [0.25, 0.3) is 86.9 Å². The van der Waals surface area contributed by atoms with Gasteiger partial charge in [0.05, 0.1) is 64.2 Å². The van der Waals surface area contributed by atoms with Crippen LogP contribution < -0.4 is 0 Å². The van der Waals surface area contributed by atoms with E-state index in [0.717, 1.165) is 77.2 Å². The van der Waals surface area contributed by atoms with Gasteiger partial charge in [-0.05, 0) is 94.2 Å². The Labute approximate surface area is 299 Å². The summed E-state index contributed by atoms with van der Waals surface area (Å²) in [6, 6.07) is 52.3. The lowest BCUT2D eigenvalue weighted by molar-refractivity contribution is 1.17. The Morgan fingerprint density at radius 3 is 1.58 bits per heavy atom. The van der Waals surface area contributed by atoms with Gasteiger partial charge >= 0.3 is 0 Å². The van der Waals surface area contributed by atoms with Crippen molar-refractivity contribution in [1.82, 2.24) is 9.13 Å². The largest absolute Gasteiger partial charge is 0.309 e. The number of rotatable bonds is 4. The van der Waals surface area contributed by atoms with Crippen LogP contribution in [-0.2, 0) is 0 Å². The molecule has 0 unspecified atom stereocenters. The molecule has 9 aromatic rings. The first-order valence-corrected chi connectivity index (χ1v) is 16.6. The van der Waals surface area contributed by atoms with Gasteiger partial charge in [0.15, 0.2) is 11.4 Å². The van der Waals surface area contributed by atoms with Crippen molar-refractivity contribution in [3.63, 3.8) is 0 Å². The smallest absolute Gasteiger partial charge is 0.188 e. The molecule has 0 aliphatic rings. The Hall–Kier alpha value is -7.90. The third-order valence-electron chi connectivity index (χ3n) is 9.74. The Morgan fingerprint density at radius 2 is 1.00 bits per heavy atom. The molecule has 0 aliphatic carbocycles. The van der Waals surface area contributed by atoms with Gasteiger partial charge < -0.3 is 9.13 Å². The quantitative estimate of drug-likeness (QED) is 0.176. The first kappa shape index (κ1) is 30.2. The van der Waals surface area contributed by atoms with Crippen molar-refractivity contribution in [2.24, 2.45) is 0 Å². The topological polar surface area (TPSA) is 66.2 Å². The van der Waals surface area contributed by atoms with Crippen LogP contribution in [0.5, 0.6) is 0 Å². The Morgan fingerprint density at radius 1 is 0.462 bits per heavy atom. The second-order valence-corrected chi connectivity index (χ2v) is 12.6. The molecule has 6 heteroatoms. The number of para-hydroxylation sites is 2. The van der Waals surface area contributed by atoms with Gasteiger partial charge in [0.2, 0.25) is 0 Å². The summed E-state index contributed by atoms with van der Waals surface area (Å²) in [5, 5.41) is 24.9. The highest BCUT2D eigenvalue weighted by atomic mass is 15.0. The molecule has 2 aromatic heterocycles. The summed E-state index contributed by atoms with van der Waals surface area (Å²) >= 11 is 0. The minimum absolute atomic E-state index is 0.455. The van der Waals surface area contributed by atoms with Gasteiger partial charge in [-0.2, -0.15) is 10.5 Å². The third kappa shape index (κ3) is 4.62. The zero-order valence-corrected chi connectivity index (χ0v) is 27.5. The fourth-order valence-electron chi connectivity index (χ4n) is 7.56. The molecule has 0 N–H and O–H groups in total. The minimum atomic E-state index is 0.455. The summed E-state index contributed by atoms with van der Waals surface area (Å²) in [4.78, 5) is 7.38. The second-order valence-electron chi connectivity index (χ2n) is 12.6. The van der Waals surface area contributed by atoms with E-state index in [4.69, 9.17) is 13.1 Å². The maximum absolute atomic E-state index is 10.5. The Kier molecular flexibility index (Phi) is 6.91. The summed E-state index contributed by atoms with van der Waals surface area (Å²) in [7, 11) is 0. The molecule has 238 valence electrons. The van der Waals surface area contributed by atoms with E-state index in [9.17, 15) is 10.5 Å². The highest BCUT2D eigenvalue weighted by molar-refractivity contribution is 6.12. The van der Waals surface area contributed by atoms with Crippen LogP contribution >= 0.6 is 0 Å². The molecule has 9 rings (SSSR count). The van der Waals surface area contributed by atoms with Crippen LogP contribution in [0.4, 0.5) is 11.4 Å². The molecule has 52 heavy (non-hydrogen) atoms. The first-order valence-electron chi connectivity index (χ1n) is 16.6. The highest BCUT2D eigenvalue weighted by Gasteiger charge is 2.22. The molecule has 0 spiro atoms. The number of hydrogen-bond donors (Lipinski definition) is 0. The van der Waals surface area contributed by atoms with Crippen molar-refractivity contribution in [1.29, 1.82) is 10.5 Å². The minimum Gasteiger partial charge on any atom is -0.309 e. The summed E-state index contributed by atoms with van der Waals surface area (Å²) in [6.45, 7) is 15.4. The zero-order valence-electron chi connectivity index (χ0n) is 27.5. The fourth-order valence-corrected chi connectivity index (χ4v) is 7.56. The fraction of sp³-hybridized carbons (Fsp3) is 0. The summed E-state index contributed by atoms with van der Waals surface area (Å²) in [5.41, 5.74) is 10.7. The normalized spacial score (nSPS) is 11.0. The SMILES string of the molecule is [C-]#[N+]c1ccc2c(c1)c1cc([N+]#[C-])ccc1n2-c1cc(C#N)cc(-c2cc(C#N)cc(-n3c4ccccc4c4ccccc43)c2)c1-c1ccccc1. The molecule has 0 aliphatic heterocycles. The van der Waals surface area contributed by atoms with Gasteiger partial charge in [0.1, 0.15) is 0 Å². The molecule has 0 fully saturated rings. The third-order valence-corrected chi connectivity index (χ3v) is 9.74. The maximum Gasteiger partial charge on any atom is 0.188 e. The summed E-state index contributed by atoms with van der Waals surface area (Å²) in [6.07, 6.45) is 0. The summed E-state index contributed by atoms with van der Waals surface area (Å²) < 4.78 is 4.32. The maximum atomic E-state index is 10.5. The lowest BCUT2D eigenvalue weighted by atomic mass is 9.90. The van der Waals surface area contributed by atoms with E-state index in [-0.39, 0.29) is 0 Å². The Balaban J connectivity index is 1.41. The number of fused-ring (bicyclic) bond motifs is 6. The number of nitriles is 2. The molecular formula is C46H24N6. The number of nitrogens with zero attached hydrogens (tertiary/aromatic N) is 6. The molecule has 7 aromatic carbocycles. The molecule has 0 saturated carbocycles. The van der Waals surface area contributed by atoms with E-state index in [1.54, 1.807) is 12.1 Å². The van der Waals surface area contributed by atoms with Crippen molar-refractivity contribution in [3.8, 4) is 45.8 Å². The summed E-state index contributed by atoms with van der Waals surface area (Å²) in [5.74, 6) is 0. The average molecular weight is 661 g/mol. The van der Waals surface area contributed by atoms with Crippen LogP contribution in [0.2, 0.25) is 0 Å². The molecule has 0 bridgehead atoms. The highest BCUT2D eigenvalue weighted by Crippen LogP contribution is 2.44. The molecular weight excluding hydrogens is 637 g/mol. The van der Waals surface area contributed by atoms with E-state index in [0.29, 0.717) is 22.5 Å². The van der Waals surface area contributed by atoms with Crippen LogP contribution in [0.1, 0.15) is 11.1 Å². The molecule has 0 amide bonds. The van der Waals surface area contributed by atoms with Crippen LogP contribution in [0, 0.1) is 35.8 Å². The lowest BCUT2D eigenvalue weighted by Gasteiger charge is -2.20. The van der Waals surface area contributed by atoms with Crippen molar-refractivity contribution < 1.29 is 0 Å². The average Bonchev–Trinajstić information content (AvgIpc) is 3.72. The lowest BCUT2D eigenvalue weighted by Crippen LogP contribution is -2.02. The van der Waals surface area contributed by atoms with Gasteiger partial charge in [-0.3, -0.25) is 0 Å². The van der Waals surface area contributed by atoms with Crippen molar-refractivity contribution >= 4 is 55.0 Å². The molecule has 0 saturated heterocycles. The standard InChI is InChI=1S/C46H24N6/c1-49-33-16-18-43-39(25-33)40-26-34(50-2)17-19-44(40)52(43)45-23-30(28-48)22-38(46(45)31-10-4-3-5-11-31)32-20-29(27-47)21-35(24-32)51-41-14-8-6-12-36(41)37-13-7-9-15-42(37)51/h3-26H. The zero-order chi connectivity index (χ0) is 35.3. The predicted molar refractivity (Wildman–Crippen MR) is 208 cm³/mol. The van der Waals surface area contributed by atoms with E-state index < -0.39 is 0 Å². The van der Waals surface area contributed by atoms with Crippen LogP contribution in [-0.4, -0.2) is 9.13 Å². The molecule has 6 nitrogen and oxygen atoms in total. The van der Waals surface area contributed by atoms with Gasteiger partial charge in [-0.25, -0.2) is 9.69 Å². The first-order chi connectivity index (χ1) is 25.6. The van der Waals surface area contributed by atoms with Crippen LogP contribution in [0.15, 0.2) is 146 Å². The number of aromatic nitrogens is 2. The van der Waals surface area contributed by atoms with Gasteiger partial charge in [0.25, 0.3) is 0 Å². The Bertz CT molecular complexity index is 2990.